The predicted octanol–water partition coefficient (Wildman–Crippen LogP) is 3.85. The molecule has 4 nitrogen and oxygen atoms in total. The number of carbonyl (C=O) groups is 1. The average molecular weight is 423 g/mol. The molecule has 0 radical (unpaired) electrons. The van der Waals surface area contributed by atoms with E-state index in [0.29, 0.717) is 11.1 Å². The second-order valence-corrected chi connectivity index (χ2v) is 7.68. The van der Waals surface area contributed by atoms with Crippen LogP contribution in [0.15, 0.2) is 24.3 Å². The van der Waals surface area contributed by atoms with Gasteiger partial charge >= 0.3 is 0 Å². The lowest BCUT2D eigenvalue weighted by Gasteiger charge is -2.31. The molecule has 1 aliphatic heterocycles. The minimum Gasteiger partial charge on any atom is -0.337 e. The first kappa shape index (κ1) is 23.5. The summed E-state index contributed by atoms with van der Waals surface area (Å²) in [7, 11) is 0. The van der Waals surface area contributed by atoms with Crippen LogP contribution in [0.5, 0.6) is 0 Å². The molecule has 2 fully saturated rings. The summed E-state index contributed by atoms with van der Waals surface area (Å²) < 4.78 is 0. The third-order valence-corrected chi connectivity index (χ3v) is 5.56. The molecule has 0 unspecified atom stereocenters. The van der Waals surface area contributed by atoms with Crippen molar-refractivity contribution in [2.45, 2.75) is 38.1 Å². The van der Waals surface area contributed by atoms with Crippen LogP contribution in [0.1, 0.15) is 42.5 Å². The average Bonchev–Trinajstić information content (AvgIpc) is 2.81. The molecule has 1 aromatic rings. The van der Waals surface area contributed by atoms with Gasteiger partial charge in [-0.3, -0.25) is 4.79 Å². The third-order valence-electron chi connectivity index (χ3n) is 5.31. The first-order chi connectivity index (χ1) is 11.6. The van der Waals surface area contributed by atoms with Crippen molar-refractivity contribution in [1.29, 1.82) is 0 Å². The lowest BCUT2D eigenvalue weighted by Crippen LogP contribution is -2.38. The summed E-state index contributed by atoms with van der Waals surface area (Å²) in [5.74, 6) is 0.848. The minimum atomic E-state index is 0. The fourth-order valence-corrected chi connectivity index (χ4v) is 4.12. The molecule has 1 aliphatic carbocycles. The molecule has 1 saturated carbocycles. The number of amides is 1. The number of benzene rings is 1. The number of hydrogen-bond donors (Lipinski definition) is 1. The van der Waals surface area contributed by atoms with E-state index in [4.69, 9.17) is 17.3 Å². The van der Waals surface area contributed by atoms with Crippen LogP contribution < -0.4 is 5.73 Å². The molecule has 1 heterocycles. The summed E-state index contributed by atoms with van der Waals surface area (Å²) in [6, 6.07) is 7.59. The molecular weight excluding hydrogens is 393 g/mol. The van der Waals surface area contributed by atoms with Gasteiger partial charge in [0.25, 0.3) is 5.91 Å². The van der Waals surface area contributed by atoms with Gasteiger partial charge in [-0.1, -0.05) is 18.0 Å². The molecule has 1 amide bonds. The standard InChI is InChI=1S/C19H28ClN3O.2ClH/c20-17-7-5-16(6-8-17)19(24)23-10-2-9-22(11-12-23)14-15-3-1-4-18(21)13-15;;/h5-8,15,18H,1-4,9-14,21H2;2*1H/t15-,18+;;/m1../s1. The number of nitrogens with zero attached hydrogens (tertiary/aromatic N) is 2. The van der Waals surface area contributed by atoms with Crippen LogP contribution >= 0.6 is 36.4 Å². The molecule has 3 rings (SSSR count). The fraction of sp³-hybridized carbons (Fsp3) is 0.632. The van der Waals surface area contributed by atoms with Gasteiger partial charge in [0.15, 0.2) is 0 Å². The lowest BCUT2D eigenvalue weighted by molar-refractivity contribution is 0.0760. The van der Waals surface area contributed by atoms with Crippen molar-refractivity contribution in [3.63, 3.8) is 0 Å². The summed E-state index contributed by atoms with van der Waals surface area (Å²) in [4.78, 5) is 17.2. The Hall–Kier alpha value is -0.520. The Kier molecular flexibility index (Phi) is 10.3. The van der Waals surface area contributed by atoms with E-state index in [1.165, 1.54) is 19.3 Å². The van der Waals surface area contributed by atoms with Crippen LogP contribution in [-0.4, -0.2) is 54.5 Å². The Labute approximate surface area is 174 Å². The van der Waals surface area contributed by atoms with Gasteiger partial charge in [-0.15, -0.1) is 24.8 Å². The van der Waals surface area contributed by atoms with E-state index in [2.05, 4.69) is 4.90 Å². The molecule has 7 heteroatoms. The molecule has 0 aromatic heterocycles. The molecule has 2 aliphatic rings. The molecule has 1 saturated heterocycles. The second-order valence-electron chi connectivity index (χ2n) is 7.25. The maximum Gasteiger partial charge on any atom is 0.253 e. The van der Waals surface area contributed by atoms with Crippen molar-refractivity contribution in [3.05, 3.63) is 34.9 Å². The van der Waals surface area contributed by atoms with Gasteiger partial charge in [0.05, 0.1) is 0 Å². The number of hydrogen-bond acceptors (Lipinski definition) is 3. The van der Waals surface area contributed by atoms with Crippen LogP contribution in [0.25, 0.3) is 0 Å². The predicted molar refractivity (Wildman–Crippen MR) is 113 cm³/mol. The van der Waals surface area contributed by atoms with E-state index in [1.54, 1.807) is 12.1 Å². The summed E-state index contributed by atoms with van der Waals surface area (Å²) >= 11 is 5.91. The number of halogens is 3. The van der Waals surface area contributed by atoms with E-state index in [-0.39, 0.29) is 30.7 Å². The molecule has 0 bridgehead atoms. The van der Waals surface area contributed by atoms with Crippen LogP contribution in [-0.2, 0) is 0 Å². The van der Waals surface area contributed by atoms with Gasteiger partial charge in [0, 0.05) is 42.8 Å². The number of rotatable bonds is 3. The second kappa shape index (κ2) is 11.4. The number of nitrogens with two attached hydrogens (primary N) is 1. The molecule has 2 N–H and O–H groups in total. The molecule has 1 aromatic carbocycles. The first-order valence-electron chi connectivity index (χ1n) is 9.14. The zero-order valence-corrected chi connectivity index (χ0v) is 17.5. The van der Waals surface area contributed by atoms with E-state index in [0.717, 1.165) is 57.0 Å². The van der Waals surface area contributed by atoms with Crippen LogP contribution in [0.4, 0.5) is 0 Å². The Balaban J connectivity index is 0.00000169. The van der Waals surface area contributed by atoms with Crippen molar-refractivity contribution < 1.29 is 4.79 Å². The summed E-state index contributed by atoms with van der Waals surface area (Å²) in [6.45, 7) is 4.82. The maximum absolute atomic E-state index is 12.7. The van der Waals surface area contributed by atoms with Gasteiger partial charge in [-0.05, 0) is 62.4 Å². The summed E-state index contributed by atoms with van der Waals surface area (Å²) in [5, 5.41) is 0.666. The topological polar surface area (TPSA) is 49.6 Å². The SMILES string of the molecule is Cl.Cl.N[C@H]1CCC[C@@H](CN2CCCN(C(=O)c3ccc(Cl)cc3)CC2)C1. The molecule has 2 atom stereocenters. The van der Waals surface area contributed by atoms with Crippen molar-refractivity contribution in [3.8, 4) is 0 Å². The monoisotopic (exact) mass is 421 g/mol. The molecule has 0 spiro atoms. The Morgan fingerprint density at radius 3 is 2.46 bits per heavy atom. The van der Waals surface area contributed by atoms with Crippen LogP contribution in [0.2, 0.25) is 5.02 Å². The van der Waals surface area contributed by atoms with E-state index in [1.807, 2.05) is 17.0 Å². The van der Waals surface area contributed by atoms with Gasteiger partial charge in [0.1, 0.15) is 0 Å². The van der Waals surface area contributed by atoms with Gasteiger partial charge < -0.3 is 15.5 Å². The summed E-state index contributed by atoms with van der Waals surface area (Å²) in [6.07, 6.45) is 5.94. The van der Waals surface area contributed by atoms with Gasteiger partial charge in [-0.25, -0.2) is 0 Å². The van der Waals surface area contributed by atoms with Crippen LogP contribution in [0, 0.1) is 5.92 Å². The number of carbonyl (C=O) groups excluding carboxylic acids is 1. The van der Waals surface area contributed by atoms with Gasteiger partial charge in [0.2, 0.25) is 0 Å². The van der Waals surface area contributed by atoms with Crippen molar-refractivity contribution >= 4 is 42.3 Å². The molecule has 148 valence electrons. The van der Waals surface area contributed by atoms with E-state index < -0.39 is 0 Å². The highest BCUT2D eigenvalue weighted by Gasteiger charge is 2.24. The zero-order chi connectivity index (χ0) is 16.9. The maximum atomic E-state index is 12.7. The highest BCUT2D eigenvalue weighted by molar-refractivity contribution is 6.30. The summed E-state index contributed by atoms with van der Waals surface area (Å²) in [5.41, 5.74) is 6.84. The highest BCUT2D eigenvalue weighted by atomic mass is 35.5. The van der Waals surface area contributed by atoms with Crippen molar-refractivity contribution in [2.75, 3.05) is 32.7 Å². The Morgan fingerprint density at radius 1 is 1.04 bits per heavy atom. The van der Waals surface area contributed by atoms with Crippen molar-refractivity contribution in [1.82, 2.24) is 9.80 Å². The minimum absolute atomic E-state index is 0. The first-order valence-corrected chi connectivity index (χ1v) is 9.52. The normalized spacial score (nSPS) is 24.2. The van der Waals surface area contributed by atoms with Crippen LogP contribution in [0.3, 0.4) is 0 Å². The largest absolute Gasteiger partial charge is 0.337 e. The highest BCUT2D eigenvalue weighted by Crippen LogP contribution is 2.24. The third kappa shape index (κ3) is 6.58. The molecule has 26 heavy (non-hydrogen) atoms. The van der Waals surface area contributed by atoms with Gasteiger partial charge in [-0.2, -0.15) is 0 Å². The van der Waals surface area contributed by atoms with Crippen molar-refractivity contribution in [2.24, 2.45) is 11.7 Å². The van der Waals surface area contributed by atoms with E-state index >= 15 is 0 Å². The smallest absolute Gasteiger partial charge is 0.253 e. The lowest BCUT2D eigenvalue weighted by atomic mass is 9.86. The Morgan fingerprint density at radius 2 is 1.77 bits per heavy atom. The Bertz CT molecular complexity index is 555. The zero-order valence-electron chi connectivity index (χ0n) is 15.1. The quantitative estimate of drug-likeness (QED) is 0.805. The fourth-order valence-electron chi connectivity index (χ4n) is 4.00. The van der Waals surface area contributed by atoms with E-state index in [9.17, 15) is 4.79 Å². The molecular formula is C19H30Cl3N3O.